The molecule has 186 valence electrons. The van der Waals surface area contributed by atoms with E-state index >= 15 is 0 Å². The molecular weight excluding hydrogens is 484 g/mol. The lowest BCUT2D eigenvalue weighted by Crippen LogP contribution is -2.53. The van der Waals surface area contributed by atoms with Gasteiger partial charge < -0.3 is 14.6 Å². The van der Waals surface area contributed by atoms with Crippen molar-refractivity contribution in [2.75, 3.05) is 44.0 Å². The fourth-order valence-corrected chi connectivity index (χ4v) is 4.04. The Hall–Kier alpha value is -4.32. The number of methoxy groups -OCH3 is 2. The van der Waals surface area contributed by atoms with Crippen LogP contribution in [0.3, 0.4) is 0 Å². The van der Waals surface area contributed by atoms with Gasteiger partial charge in [-0.25, -0.2) is 9.98 Å². The molecule has 2 heterocycles. The van der Waals surface area contributed by atoms with Crippen LogP contribution in [0.25, 0.3) is 6.08 Å². The number of amidine groups is 1. The summed E-state index contributed by atoms with van der Waals surface area (Å²) >= 11 is 1.10. The second-order valence-electron chi connectivity index (χ2n) is 7.61. The number of thioether (sulfide) groups is 1. The van der Waals surface area contributed by atoms with Crippen molar-refractivity contribution in [3.05, 3.63) is 66.0 Å². The molecule has 3 aromatic rings. The van der Waals surface area contributed by atoms with Gasteiger partial charge >= 0.3 is 5.88 Å². The highest BCUT2D eigenvalue weighted by Gasteiger charge is 2.32. The van der Waals surface area contributed by atoms with E-state index in [1.54, 1.807) is 69.7 Å². The summed E-state index contributed by atoms with van der Waals surface area (Å²) in [6.45, 7) is 0. The van der Waals surface area contributed by atoms with Gasteiger partial charge in [0.05, 0.1) is 38.8 Å². The van der Waals surface area contributed by atoms with Gasteiger partial charge in [-0.2, -0.15) is 5.01 Å². The van der Waals surface area contributed by atoms with Crippen molar-refractivity contribution in [1.82, 2.24) is 5.27 Å². The molecule has 0 saturated heterocycles. The molecule has 12 heteroatoms. The van der Waals surface area contributed by atoms with Crippen LogP contribution in [0.15, 0.2) is 74.9 Å². The predicted molar refractivity (Wildman–Crippen MR) is 135 cm³/mol. The fourth-order valence-electron chi connectivity index (χ4n) is 3.25. The number of carbonyl (C=O) groups excluding carboxylic acids is 1. The molecule has 0 fully saturated rings. The molecule has 0 aliphatic carbocycles. The standard InChI is InChI=1S/C24H24N6O5S/c1-28(2)29-14-22(35-27-29)26-21(31)15-36-24-25-19(23(32)30(24)17-8-6-5-7-9-17)13-16-12-18(33-3)10-11-20(16)34-4/h5-14H,15H2,1-4H3/b19-13+. The molecule has 11 nitrogen and oxygen atoms in total. The largest absolute Gasteiger partial charge is 0.861 e. The Labute approximate surface area is 211 Å². The molecule has 1 aliphatic rings. The number of aliphatic imine (C=N–C) groups is 2. The molecule has 1 aliphatic heterocycles. The van der Waals surface area contributed by atoms with E-state index in [0.717, 1.165) is 11.8 Å². The minimum Gasteiger partial charge on any atom is -0.861 e. The first-order valence-electron chi connectivity index (χ1n) is 10.7. The summed E-state index contributed by atoms with van der Waals surface area (Å²) in [5.74, 6) is 0.395. The number of benzene rings is 2. The summed E-state index contributed by atoms with van der Waals surface area (Å²) in [6.07, 6.45) is 3.12. The van der Waals surface area contributed by atoms with Crippen molar-refractivity contribution in [3.8, 4) is 11.5 Å². The minimum absolute atomic E-state index is 0.0616. The Kier molecular flexibility index (Phi) is 7.54. The zero-order valence-corrected chi connectivity index (χ0v) is 20.9. The molecule has 4 rings (SSSR count). The van der Waals surface area contributed by atoms with Crippen LogP contribution in [0.5, 0.6) is 11.5 Å². The monoisotopic (exact) mass is 508 g/mol. The fraction of sp³-hybridized carbons (Fsp3) is 0.208. The molecular formula is C24H24N6O5S. The molecule has 0 N–H and O–H groups in total. The Morgan fingerprint density at radius 3 is 2.67 bits per heavy atom. The number of rotatable bonds is 8. The second-order valence-corrected chi connectivity index (χ2v) is 8.55. The maximum atomic E-state index is 13.4. The molecule has 0 atom stereocenters. The number of para-hydroxylation sites is 1. The van der Waals surface area contributed by atoms with Crippen molar-refractivity contribution in [2.24, 2.45) is 9.98 Å². The number of anilines is 1. The summed E-state index contributed by atoms with van der Waals surface area (Å²) in [6, 6.07) is 14.4. The molecule has 1 amide bonds. The van der Waals surface area contributed by atoms with Crippen LogP contribution in [-0.4, -0.2) is 56.3 Å². The van der Waals surface area contributed by atoms with E-state index in [1.807, 2.05) is 18.2 Å². The Balaban J connectivity index is 1.63. The highest BCUT2D eigenvalue weighted by atomic mass is 32.2. The van der Waals surface area contributed by atoms with Crippen molar-refractivity contribution in [2.45, 2.75) is 0 Å². The Morgan fingerprint density at radius 1 is 1.22 bits per heavy atom. The van der Waals surface area contributed by atoms with Gasteiger partial charge in [0.25, 0.3) is 12.1 Å². The summed E-state index contributed by atoms with van der Waals surface area (Å²) in [4.78, 5) is 24.7. The number of amides is 1. The lowest BCUT2D eigenvalue weighted by molar-refractivity contribution is -0.753. The van der Waals surface area contributed by atoms with E-state index in [9.17, 15) is 9.90 Å². The van der Waals surface area contributed by atoms with E-state index in [0.29, 0.717) is 27.9 Å². The zero-order chi connectivity index (χ0) is 25.7. The normalized spacial score (nSPS) is 14.8. The van der Waals surface area contributed by atoms with Crippen molar-refractivity contribution < 1.29 is 28.7 Å². The lowest BCUT2D eigenvalue weighted by Gasteiger charge is -2.18. The number of hydrogen-bond donors (Lipinski definition) is 0. The number of nitrogens with zero attached hydrogens (tertiary/aromatic N) is 6. The van der Waals surface area contributed by atoms with E-state index in [-0.39, 0.29) is 23.2 Å². The molecule has 0 bridgehead atoms. The Morgan fingerprint density at radius 2 is 2.00 bits per heavy atom. The first kappa shape index (κ1) is 24.8. The predicted octanol–water partition coefficient (Wildman–Crippen LogP) is 1.74. The number of hydrogen-bond acceptors (Lipinski definition) is 10. The van der Waals surface area contributed by atoms with E-state index in [1.165, 1.54) is 15.9 Å². The summed E-state index contributed by atoms with van der Waals surface area (Å²) < 4.78 is 15.8. The van der Waals surface area contributed by atoms with Gasteiger partial charge in [0.1, 0.15) is 17.2 Å². The van der Waals surface area contributed by atoms with Gasteiger partial charge in [0.2, 0.25) is 5.27 Å². The molecule has 0 radical (unpaired) electrons. The van der Waals surface area contributed by atoms with Crippen LogP contribution in [0, 0.1) is 0 Å². The first-order valence-corrected chi connectivity index (χ1v) is 11.7. The van der Waals surface area contributed by atoms with Crippen molar-refractivity contribution >= 4 is 46.4 Å². The Bertz CT molecular complexity index is 1340. The zero-order valence-electron chi connectivity index (χ0n) is 20.1. The lowest BCUT2D eigenvalue weighted by atomic mass is 10.1. The van der Waals surface area contributed by atoms with Crippen LogP contribution in [0.2, 0.25) is 0 Å². The summed E-state index contributed by atoms with van der Waals surface area (Å²) in [5.41, 5.74) is 1.45. The van der Waals surface area contributed by atoms with Crippen molar-refractivity contribution in [3.63, 3.8) is 0 Å². The van der Waals surface area contributed by atoms with E-state index in [4.69, 9.17) is 14.0 Å². The average Bonchev–Trinajstić information content (AvgIpc) is 3.47. The topological polar surface area (TPSA) is 120 Å². The summed E-state index contributed by atoms with van der Waals surface area (Å²) in [5, 5.41) is 18.3. The first-order chi connectivity index (χ1) is 17.4. The van der Waals surface area contributed by atoms with Crippen LogP contribution < -0.4 is 29.3 Å². The third-order valence-corrected chi connectivity index (χ3v) is 5.91. The molecule has 0 spiro atoms. The van der Waals surface area contributed by atoms with Gasteiger partial charge in [-0.15, -0.1) is 0 Å². The maximum Gasteiger partial charge on any atom is 0.324 e. The highest BCUT2D eigenvalue weighted by Crippen LogP contribution is 2.32. The van der Waals surface area contributed by atoms with Gasteiger partial charge in [-0.1, -0.05) is 30.0 Å². The number of aromatic nitrogens is 2. The van der Waals surface area contributed by atoms with Gasteiger partial charge in [0.15, 0.2) is 5.17 Å². The van der Waals surface area contributed by atoms with Crippen LogP contribution in [0.4, 0.5) is 11.6 Å². The van der Waals surface area contributed by atoms with Crippen molar-refractivity contribution in [1.29, 1.82) is 0 Å². The molecule has 1 aromatic heterocycles. The van der Waals surface area contributed by atoms with Gasteiger partial charge in [-0.05, 0) is 42.3 Å². The summed E-state index contributed by atoms with van der Waals surface area (Å²) in [7, 11) is 6.64. The highest BCUT2D eigenvalue weighted by molar-refractivity contribution is 8.14. The van der Waals surface area contributed by atoms with Crippen LogP contribution in [0.1, 0.15) is 5.56 Å². The maximum absolute atomic E-state index is 13.4. The van der Waals surface area contributed by atoms with Crippen LogP contribution in [-0.2, 0) is 4.79 Å². The quantitative estimate of drug-likeness (QED) is 0.195. The van der Waals surface area contributed by atoms with Gasteiger partial charge in [0, 0.05) is 11.3 Å². The average molecular weight is 509 g/mol. The number of ether oxygens (including phenoxy) is 2. The second kappa shape index (κ2) is 11.0. The molecule has 36 heavy (non-hydrogen) atoms. The smallest absolute Gasteiger partial charge is 0.324 e. The molecule has 2 aromatic carbocycles. The van der Waals surface area contributed by atoms with E-state index < -0.39 is 5.90 Å². The molecule has 0 saturated carbocycles. The minimum atomic E-state index is -0.461. The SMILES string of the molecule is COc1ccc(OC)c(/C=C2/N=C(SC/C([O-])=N\c3c[n+](N(C)C)no3)N(c3ccccc3)C2=O)c1. The van der Waals surface area contributed by atoms with Crippen LogP contribution >= 0.6 is 11.8 Å². The third-order valence-electron chi connectivity index (χ3n) is 4.99. The molecule has 0 unspecified atom stereocenters. The van der Waals surface area contributed by atoms with Gasteiger partial charge in [-0.3, -0.25) is 14.2 Å². The van der Waals surface area contributed by atoms with E-state index in [2.05, 4.69) is 15.3 Å². The third kappa shape index (κ3) is 5.49. The number of carbonyl (C=O) groups is 1.